The predicted molar refractivity (Wildman–Crippen MR) is 58.9 cm³/mol. The molecule has 0 aliphatic carbocycles. The van der Waals surface area contributed by atoms with Gasteiger partial charge in [-0.1, -0.05) is 18.2 Å². The zero-order chi connectivity index (χ0) is 10.8. The summed E-state index contributed by atoms with van der Waals surface area (Å²) in [6, 6.07) is 9.67. The first-order chi connectivity index (χ1) is 7.18. The van der Waals surface area contributed by atoms with Crippen molar-refractivity contribution in [2.24, 2.45) is 0 Å². The molecule has 1 aromatic heterocycles. The van der Waals surface area contributed by atoms with Crippen molar-refractivity contribution >= 4 is 0 Å². The van der Waals surface area contributed by atoms with E-state index in [1.54, 1.807) is 11.6 Å². The largest absolute Gasteiger partial charge is 0.389 e. The van der Waals surface area contributed by atoms with Gasteiger partial charge in [-0.15, -0.1) is 0 Å². The maximum Gasteiger partial charge on any atom is 0.0782 e. The van der Waals surface area contributed by atoms with E-state index in [-0.39, 0.29) is 0 Å². The molecule has 1 aromatic carbocycles. The first-order valence-corrected chi connectivity index (χ1v) is 4.98. The third kappa shape index (κ3) is 1.92. The van der Waals surface area contributed by atoms with Crippen LogP contribution in [0.15, 0.2) is 36.5 Å². The lowest BCUT2D eigenvalue weighted by Gasteiger charge is -2.11. The van der Waals surface area contributed by atoms with Gasteiger partial charge in [0.2, 0.25) is 0 Å². The lowest BCUT2D eigenvalue weighted by atomic mass is 10.1. The number of aromatic nitrogens is 2. The number of aliphatic hydroxyl groups is 1. The first-order valence-electron chi connectivity index (χ1n) is 4.98. The average Bonchev–Trinajstić information content (AvgIpc) is 2.65. The summed E-state index contributed by atoms with van der Waals surface area (Å²) in [6.45, 7) is 3.71. The summed E-state index contributed by atoms with van der Waals surface area (Å²) in [5.41, 5.74) is 2.79. The minimum absolute atomic E-state index is 0.481. The summed E-state index contributed by atoms with van der Waals surface area (Å²) in [4.78, 5) is 0. The molecule has 1 heterocycles. The standard InChI is InChI=1S/C12H14N2O/c1-9-7-8-14(13-9)12-6-4-3-5-11(12)10(2)15/h3-8,10,15H,1-2H3/t10-/m0/s1. The van der Waals surface area contributed by atoms with E-state index in [1.807, 2.05) is 43.5 Å². The number of nitrogens with zero attached hydrogens (tertiary/aromatic N) is 2. The summed E-state index contributed by atoms with van der Waals surface area (Å²) in [5.74, 6) is 0. The molecule has 78 valence electrons. The van der Waals surface area contributed by atoms with Crippen molar-refractivity contribution < 1.29 is 5.11 Å². The third-order valence-electron chi connectivity index (χ3n) is 2.36. The zero-order valence-electron chi connectivity index (χ0n) is 8.88. The summed E-state index contributed by atoms with van der Waals surface area (Å²) in [6.07, 6.45) is 1.42. The van der Waals surface area contributed by atoms with Gasteiger partial charge in [0.25, 0.3) is 0 Å². The van der Waals surface area contributed by atoms with Gasteiger partial charge < -0.3 is 5.11 Å². The second kappa shape index (κ2) is 3.87. The molecule has 0 saturated carbocycles. The van der Waals surface area contributed by atoms with Crippen LogP contribution in [0, 0.1) is 6.92 Å². The van der Waals surface area contributed by atoms with Crippen LogP contribution in [-0.2, 0) is 0 Å². The highest BCUT2D eigenvalue weighted by Crippen LogP contribution is 2.20. The van der Waals surface area contributed by atoms with E-state index >= 15 is 0 Å². The summed E-state index contributed by atoms with van der Waals surface area (Å²) >= 11 is 0. The zero-order valence-corrected chi connectivity index (χ0v) is 8.88. The fourth-order valence-corrected chi connectivity index (χ4v) is 1.60. The Balaban J connectivity index is 2.52. The second-order valence-corrected chi connectivity index (χ2v) is 3.64. The molecule has 0 radical (unpaired) electrons. The van der Waals surface area contributed by atoms with Crippen molar-refractivity contribution in [3.8, 4) is 5.69 Å². The molecule has 0 aliphatic rings. The fourth-order valence-electron chi connectivity index (χ4n) is 1.60. The molecule has 15 heavy (non-hydrogen) atoms. The molecule has 0 saturated heterocycles. The molecule has 0 unspecified atom stereocenters. The molecule has 3 heteroatoms. The monoisotopic (exact) mass is 202 g/mol. The van der Waals surface area contributed by atoms with Crippen LogP contribution in [0.3, 0.4) is 0 Å². The van der Waals surface area contributed by atoms with Crippen LogP contribution < -0.4 is 0 Å². The van der Waals surface area contributed by atoms with Crippen molar-refractivity contribution in [2.75, 3.05) is 0 Å². The third-order valence-corrected chi connectivity index (χ3v) is 2.36. The highest BCUT2D eigenvalue weighted by atomic mass is 16.3. The smallest absolute Gasteiger partial charge is 0.0782 e. The van der Waals surface area contributed by atoms with E-state index in [1.165, 1.54) is 0 Å². The summed E-state index contributed by atoms with van der Waals surface area (Å²) in [5, 5.41) is 14.0. The number of para-hydroxylation sites is 1. The molecule has 0 fully saturated rings. The van der Waals surface area contributed by atoms with Crippen LogP contribution in [0.5, 0.6) is 0 Å². The highest BCUT2D eigenvalue weighted by Gasteiger charge is 2.08. The number of aryl methyl sites for hydroxylation is 1. The molecule has 3 nitrogen and oxygen atoms in total. The quantitative estimate of drug-likeness (QED) is 0.811. The van der Waals surface area contributed by atoms with E-state index < -0.39 is 6.10 Å². The molecular weight excluding hydrogens is 188 g/mol. The van der Waals surface area contributed by atoms with Crippen LogP contribution >= 0.6 is 0 Å². The molecule has 0 amide bonds. The van der Waals surface area contributed by atoms with Gasteiger partial charge in [0.1, 0.15) is 0 Å². The molecule has 2 aromatic rings. The Morgan fingerprint density at radius 3 is 2.60 bits per heavy atom. The van der Waals surface area contributed by atoms with Crippen molar-refractivity contribution in [1.82, 2.24) is 9.78 Å². The van der Waals surface area contributed by atoms with Gasteiger partial charge in [-0.05, 0) is 26.0 Å². The minimum Gasteiger partial charge on any atom is -0.389 e. The Kier molecular flexibility index (Phi) is 2.56. The van der Waals surface area contributed by atoms with E-state index in [0.29, 0.717) is 0 Å². The molecule has 0 bridgehead atoms. The van der Waals surface area contributed by atoms with E-state index in [2.05, 4.69) is 5.10 Å². The predicted octanol–water partition coefficient (Wildman–Crippen LogP) is 2.23. The maximum atomic E-state index is 9.63. The first kappa shape index (κ1) is 9.93. The summed E-state index contributed by atoms with van der Waals surface area (Å²) < 4.78 is 1.79. The van der Waals surface area contributed by atoms with Gasteiger partial charge in [-0.25, -0.2) is 4.68 Å². The van der Waals surface area contributed by atoms with Gasteiger partial charge in [-0.2, -0.15) is 5.10 Å². The van der Waals surface area contributed by atoms with Gasteiger partial charge in [0.15, 0.2) is 0 Å². The molecule has 2 rings (SSSR count). The Morgan fingerprint density at radius 1 is 1.27 bits per heavy atom. The molecule has 1 N–H and O–H groups in total. The van der Waals surface area contributed by atoms with E-state index in [0.717, 1.165) is 16.9 Å². The normalized spacial score (nSPS) is 12.7. The van der Waals surface area contributed by atoms with Crippen LogP contribution in [0.4, 0.5) is 0 Å². The lowest BCUT2D eigenvalue weighted by Crippen LogP contribution is -2.02. The second-order valence-electron chi connectivity index (χ2n) is 3.64. The van der Waals surface area contributed by atoms with Crippen molar-refractivity contribution in [2.45, 2.75) is 20.0 Å². The van der Waals surface area contributed by atoms with Crippen molar-refractivity contribution in [1.29, 1.82) is 0 Å². The molecule has 1 atom stereocenters. The number of hydrogen-bond donors (Lipinski definition) is 1. The fraction of sp³-hybridized carbons (Fsp3) is 0.250. The molecule has 0 aliphatic heterocycles. The SMILES string of the molecule is Cc1ccn(-c2ccccc2[C@H](C)O)n1. The maximum absolute atomic E-state index is 9.63. The number of rotatable bonds is 2. The Bertz CT molecular complexity index is 460. The number of aliphatic hydroxyl groups excluding tert-OH is 1. The van der Waals surface area contributed by atoms with Gasteiger partial charge >= 0.3 is 0 Å². The van der Waals surface area contributed by atoms with Gasteiger partial charge in [0, 0.05) is 11.8 Å². The summed E-state index contributed by atoms with van der Waals surface area (Å²) in [7, 11) is 0. The molecule has 0 spiro atoms. The highest BCUT2D eigenvalue weighted by molar-refractivity contribution is 5.41. The van der Waals surface area contributed by atoms with Crippen molar-refractivity contribution in [3.63, 3.8) is 0 Å². The van der Waals surface area contributed by atoms with Crippen LogP contribution in [0.1, 0.15) is 24.3 Å². The number of hydrogen-bond acceptors (Lipinski definition) is 2. The average molecular weight is 202 g/mol. The minimum atomic E-state index is -0.481. The van der Waals surface area contributed by atoms with Crippen molar-refractivity contribution in [3.05, 3.63) is 47.8 Å². The molecular formula is C12H14N2O. The lowest BCUT2D eigenvalue weighted by molar-refractivity contribution is 0.199. The van der Waals surface area contributed by atoms with E-state index in [4.69, 9.17) is 0 Å². The topological polar surface area (TPSA) is 38.0 Å². The van der Waals surface area contributed by atoms with Gasteiger partial charge in [-0.3, -0.25) is 0 Å². The van der Waals surface area contributed by atoms with Crippen LogP contribution in [0.2, 0.25) is 0 Å². The Morgan fingerprint density at radius 2 is 2.00 bits per heavy atom. The van der Waals surface area contributed by atoms with E-state index in [9.17, 15) is 5.11 Å². The Labute approximate surface area is 89.0 Å². The Hall–Kier alpha value is -1.61. The van der Waals surface area contributed by atoms with Gasteiger partial charge in [0.05, 0.1) is 17.5 Å². The van der Waals surface area contributed by atoms with Crippen LogP contribution in [0.25, 0.3) is 5.69 Å². The van der Waals surface area contributed by atoms with Crippen LogP contribution in [-0.4, -0.2) is 14.9 Å². The number of benzene rings is 1.